The Morgan fingerprint density at radius 2 is 1.71 bits per heavy atom. The average Bonchev–Trinajstić information content (AvgIpc) is 3.80. The molecule has 220 valence electrons. The van der Waals surface area contributed by atoms with Crippen molar-refractivity contribution in [2.75, 3.05) is 19.7 Å². The van der Waals surface area contributed by atoms with Crippen LogP contribution in [0, 0.1) is 17.5 Å². The van der Waals surface area contributed by atoms with Gasteiger partial charge in [0, 0.05) is 18.1 Å². The molecule has 2 aliphatic rings. The van der Waals surface area contributed by atoms with Crippen LogP contribution in [-0.4, -0.2) is 42.0 Å². The van der Waals surface area contributed by atoms with Crippen LogP contribution < -0.4 is 10.5 Å². The molecular weight excluding hydrogens is 569 g/mol. The summed E-state index contributed by atoms with van der Waals surface area (Å²) in [6.45, 7) is 0.889. The number of benzene rings is 3. The number of amides is 1. The van der Waals surface area contributed by atoms with E-state index in [0.29, 0.717) is 55.3 Å². The standard InChI is InChI=1S/C32H30ClF3N2O4/c33-23-5-1-3-21(17-23)19-42-30(39)25-18-38(32(13-14-32)31(37)40)15-12-24(25)22-8-6-20(7-9-22)4-2-16-41-29-27(35)11-10-26(34)28(29)36/h1,3,5-11,17H,2,4,12-16,18-19H2,(H2,37,40). The van der Waals surface area contributed by atoms with Crippen molar-refractivity contribution < 1.29 is 32.2 Å². The maximum absolute atomic E-state index is 13.8. The van der Waals surface area contributed by atoms with Gasteiger partial charge in [-0.15, -0.1) is 0 Å². The predicted octanol–water partition coefficient (Wildman–Crippen LogP) is 5.99. The Bertz CT molecular complexity index is 1520. The fourth-order valence-corrected chi connectivity index (χ4v) is 5.51. The van der Waals surface area contributed by atoms with E-state index in [0.717, 1.165) is 28.3 Å². The topological polar surface area (TPSA) is 81.9 Å². The van der Waals surface area contributed by atoms with Gasteiger partial charge in [0.15, 0.2) is 17.4 Å². The predicted molar refractivity (Wildman–Crippen MR) is 152 cm³/mol. The van der Waals surface area contributed by atoms with Gasteiger partial charge in [0.1, 0.15) is 12.1 Å². The summed E-state index contributed by atoms with van der Waals surface area (Å²) < 4.78 is 51.8. The van der Waals surface area contributed by atoms with Crippen LogP contribution in [-0.2, 0) is 27.4 Å². The first kappa shape index (κ1) is 29.7. The Morgan fingerprint density at radius 3 is 2.40 bits per heavy atom. The summed E-state index contributed by atoms with van der Waals surface area (Å²) in [7, 11) is 0. The molecule has 1 amide bonds. The van der Waals surface area contributed by atoms with E-state index in [4.69, 9.17) is 26.8 Å². The highest BCUT2D eigenvalue weighted by molar-refractivity contribution is 6.30. The van der Waals surface area contributed by atoms with E-state index in [1.54, 1.807) is 18.2 Å². The lowest BCUT2D eigenvalue weighted by molar-refractivity contribution is -0.141. The van der Waals surface area contributed by atoms with Gasteiger partial charge in [-0.1, -0.05) is 48.0 Å². The molecule has 1 aliphatic carbocycles. The summed E-state index contributed by atoms with van der Waals surface area (Å²) in [4.78, 5) is 27.6. The normalized spacial score (nSPS) is 16.3. The molecule has 1 fully saturated rings. The fourth-order valence-electron chi connectivity index (χ4n) is 5.30. The van der Waals surface area contributed by atoms with Crippen LogP contribution in [0.25, 0.3) is 5.57 Å². The third-order valence-electron chi connectivity index (χ3n) is 7.80. The third-order valence-corrected chi connectivity index (χ3v) is 8.03. The van der Waals surface area contributed by atoms with Crippen molar-refractivity contribution in [3.05, 3.63) is 105 Å². The molecule has 2 N–H and O–H groups in total. The first-order valence-corrected chi connectivity index (χ1v) is 14.1. The number of nitrogens with zero attached hydrogens (tertiary/aromatic N) is 1. The van der Waals surface area contributed by atoms with Gasteiger partial charge in [-0.05, 0) is 78.6 Å². The summed E-state index contributed by atoms with van der Waals surface area (Å²) >= 11 is 6.07. The zero-order valence-electron chi connectivity index (χ0n) is 22.8. The van der Waals surface area contributed by atoms with E-state index in [1.807, 2.05) is 35.2 Å². The monoisotopic (exact) mass is 598 g/mol. The van der Waals surface area contributed by atoms with Crippen LogP contribution in [0.4, 0.5) is 13.2 Å². The molecule has 0 unspecified atom stereocenters. The van der Waals surface area contributed by atoms with Gasteiger partial charge in [-0.3, -0.25) is 9.69 Å². The van der Waals surface area contributed by atoms with Crippen molar-refractivity contribution in [3.8, 4) is 5.75 Å². The number of carbonyl (C=O) groups excluding carboxylic acids is 2. The van der Waals surface area contributed by atoms with Gasteiger partial charge < -0.3 is 15.2 Å². The molecule has 1 aliphatic heterocycles. The largest absolute Gasteiger partial charge is 0.488 e. The number of hydrogen-bond acceptors (Lipinski definition) is 5. The highest BCUT2D eigenvalue weighted by Crippen LogP contribution is 2.44. The Kier molecular flexibility index (Phi) is 8.89. The number of aryl methyl sites for hydroxylation is 1. The Hall–Kier alpha value is -3.82. The van der Waals surface area contributed by atoms with E-state index in [1.165, 1.54) is 0 Å². The quantitative estimate of drug-likeness (QED) is 0.167. The molecule has 1 saturated carbocycles. The molecule has 6 nitrogen and oxygen atoms in total. The highest BCUT2D eigenvalue weighted by atomic mass is 35.5. The zero-order chi connectivity index (χ0) is 29.9. The summed E-state index contributed by atoms with van der Waals surface area (Å²) in [5, 5.41) is 0.546. The van der Waals surface area contributed by atoms with E-state index < -0.39 is 34.7 Å². The van der Waals surface area contributed by atoms with Gasteiger partial charge in [0.05, 0.1) is 12.2 Å². The van der Waals surface area contributed by atoms with Crippen LogP contribution in [0.5, 0.6) is 5.75 Å². The van der Waals surface area contributed by atoms with Crippen LogP contribution in [0.1, 0.15) is 42.4 Å². The molecule has 0 saturated heterocycles. The molecule has 0 spiro atoms. The average molecular weight is 599 g/mol. The van der Waals surface area contributed by atoms with E-state index in [9.17, 15) is 22.8 Å². The molecule has 0 radical (unpaired) electrons. The van der Waals surface area contributed by atoms with Crippen LogP contribution in [0.2, 0.25) is 5.02 Å². The smallest absolute Gasteiger partial charge is 0.335 e. The summed E-state index contributed by atoms with van der Waals surface area (Å²) in [5.74, 6) is -5.03. The van der Waals surface area contributed by atoms with Crippen molar-refractivity contribution in [3.63, 3.8) is 0 Å². The molecule has 0 bridgehead atoms. The second-order valence-electron chi connectivity index (χ2n) is 10.6. The molecular formula is C32H30ClF3N2O4. The molecule has 10 heteroatoms. The molecule has 3 aromatic rings. The van der Waals surface area contributed by atoms with Crippen molar-refractivity contribution in [2.24, 2.45) is 5.73 Å². The van der Waals surface area contributed by atoms with Gasteiger partial charge in [-0.2, -0.15) is 4.39 Å². The minimum Gasteiger partial charge on any atom is -0.488 e. The van der Waals surface area contributed by atoms with Gasteiger partial charge in [0.25, 0.3) is 0 Å². The number of esters is 1. The maximum Gasteiger partial charge on any atom is 0.335 e. The first-order valence-electron chi connectivity index (χ1n) is 13.7. The fraction of sp³-hybridized carbons (Fsp3) is 0.312. The SMILES string of the molecule is NC(=O)C1(N2CCC(c3ccc(CCCOc4c(F)ccc(F)c4F)cc3)=C(C(=O)OCc3cccc(Cl)c3)C2)CC1. The highest BCUT2D eigenvalue weighted by Gasteiger charge is 2.54. The zero-order valence-corrected chi connectivity index (χ0v) is 23.6. The number of rotatable bonds is 11. The number of halogens is 4. The number of carbonyl (C=O) groups is 2. The van der Waals surface area contributed by atoms with E-state index in [2.05, 4.69) is 0 Å². The number of nitrogens with two attached hydrogens (primary N) is 1. The summed E-state index contributed by atoms with van der Waals surface area (Å²) in [6.07, 6.45) is 2.87. The molecule has 3 aromatic carbocycles. The Labute approximate surface area is 246 Å². The number of hydrogen-bond donors (Lipinski definition) is 1. The lowest BCUT2D eigenvalue weighted by Gasteiger charge is -2.35. The molecule has 0 atom stereocenters. The van der Waals surface area contributed by atoms with Crippen LogP contribution in [0.3, 0.4) is 0 Å². The maximum atomic E-state index is 13.8. The first-order chi connectivity index (χ1) is 20.2. The Balaban J connectivity index is 1.28. The summed E-state index contributed by atoms with van der Waals surface area (Å²) in [6, 6.07) is 16.3. The van der Waals surface area contributed by atoms with Crippen molar-refractivity contribution >= 4 is 29.1 Å². The second-order valence-corrected chi connectivity index (χ2v) is 11.0. The number of ether oxygens (including phenoxy) is 2. The molecule has 5 rings (SSSR count). The second kappa shape index (κ2) is 12.6. The molecule has 1 heterocycles. The van der Waals surface area contributed by atoms with E-state index >= 15 is 0 Å². The van der Waals surface area contributed by atoms with Crippen molar-refractivity contribution in [2.45, 2.75) is 44.2 Å². The molecule has 0 aromatic heterocycles. The van der Waals surface area contributed by atoms with Crippen molar-refractivity contribution in [1.82, 2.24) is 4.90 Å². The lowest BCUT2D eigenvalue weighted by Crippen LogP contribution is -2.50. The summed E-state index contributed by atoms with van der Waals surface area (Å²) in [5.41, 5.74) is 8.90. The van der Waals surface area contributed by atoms with Gasteiger partial charge in [0.2, 0.25) is 11.7 Å². The van der Waals surface area contributed by atoms with Crippen molar-refractivity contribution in [1.29, 1.82) is 0 Å². The minimum absolute atomic E-state index is 0.00423. The van der Waals surface area contributed by atoms with E-state index in [-0.39, 0.29) is 25.7 Å². The van der Waals surface area contributed by atoms with Gasteiger partial charge in [-0.25, -0.2) is 13.6 Å². The van der Waals surface area contributed by atoms with Gasteiger partial charge >= 0.3 is 5.97 Å². The minimum atomic E-state index is -1.34. The third kappa shape index (κ3) is 6.47. The van der Waals surface area contributed by atoms with Crippen LogP contribution >= 0.6 is 11.6 Å². The Morgan fingerprint density at radius 1 is 0.976 bits per heavy atom. The van der Waals surface area contributed by atoms with Crippen LogP contribution in [0.15, 0.2) is 66.2 Å². The number of primary amides is 1. The lowest BCUT2D eigenvalue weighted by atomic mass is 9.91. The molecule has 42 heavy (non-hydrogen) atoms.